The van der Waals surface area contributed by atoms with Gasteiger partial charge in [-0.25, -0.2) is 4.98 Å². The number of hydrogen-bond donors (Lipinski definition) is 2. The maximum Gasteiger partial charge on any atom is 0.254 e. The second kappa shape index (κ2) is 5.50. The van der Waals surface area contributed by atoms with Gasteiger partial charge >= 0.3 is 0 Å². The Bertz CT molecular complexity index is 742. The number of aromatic nitrogens is 2. The van der Waals surface area contributed by atoms with Crippen LogP contribution >= 0.6 is 11.6 Å². The van der Waals surface area contributed by atoms with E-state index < -0.39 is 0 Å². The average Bonchev–Trinajstić information content (AvgIpc) is 2.43. The molecule has 2 aromatic rings. The molecule has 0 saturated heterocycles. The quantitative estimate of drug-likeness (QED) is 0.890. The molecule has 5 nitrogen and oxygen atoms in total. The van der Waals surface area contributed by atoms with E-state index in [1.807, 2.05) is 6.07 Å². The van der Waals surface area contributed by atoms with Crippen molar-refractivity contribution >= 4 is 11.6 Å². The molecule has 0 spiro atoms. The Hall–Kier alpha value is -1.85. The van der Waals surface area contributed by atoms with E-state index in [2.05, 4.69) is 14.9 Å². The Labute approximate surface area is 127 Å². The predicted octanol–water partition coefficient (Wildman–Crippen LogP) is 2.00. The van der Waals surface area contributed by atoms with E-state index in [1.54, 1.807) is 19.1 Å². The number of phenolic OH excluding ortho intramolecular Hbond substituents is 1. The van der Waals surface area contributed by atoms with Gasteiger partial charge in [-0.3, -0.25) is 9.69 Å². The molecule has 3 rings (SSSR count). The zero-order valence-corrected chi connectivity index (χ0v) is 12.4. The summed E-state index contributed by atoms with van der Waals surface area (Å²) in [6.07, 6.45) is 0.675. The van der Waals surface area contributed by atoms with E-state index in [9.17, 15) is 9.90 Å². The molecule has 0 aliphatic carbocycles. The van der Waals surface area contributed by atoms with Gasteiger partial charge in [-0.05, 0) is 25.0 Å². The van der Waals surface area contributed by atoms with Gasteiger partial charge < -0.3 is 10.1 Å². The third kappa shape index (κ3) is 2.80. The number of H-pyrrole nitrogens is 1. The van der Waals surface area contributed by atoms with Crippen molar-refractivity contribution in [2.75, 3.05) is 6.54 Å². The van der Waals surface area contributed by atoms with Gasteiger partial charge in [-0.1, -0.05) is 23.7 Å². The van der Waals surface area contributed by atoms with E-state index in [-0.39, 0.29) is 11.3 Å². The first-order valence-electron chi connectivity index (χ1n) is 6.82. The van der Waals surface area contributed by atoms with Crippen molar-refractivity contribution in [3.8, 4) is 5.75 Å². The summed E-state index contributed by atoms with van der Waals surface area (Å²) in [4.78, 5) is 21.2. The second-order valence-electron chi connectivity index (χ2n) is 5.29. The molecule has 1 aliphatic heterocycles. The number of aromatic amines is 1. The lowest BCUT2D eigenvalue weighted by Crippen LogP contribution is -2.35. The van der Waals surface area contributed by atoms with Gasteiger partial charge in [0.1, 0.15) is 11.6 Å². The number of nitrogens with one attached hydrogen (secondary N) is 1. The summed E-state index contributed by atoms with van der Waals surface area (Å²) in [5.41, 5.74) is 2.45. The Balaban J connectivity index is 1.84. The van der Waals surface area contributed by atoms with Crippen LogP contribution in [0.4, 0.5) is 0 Å². The average molecular weight is 306 g/mol. The van der Waals surface area contributed by atoms with Crippen molar-refractivity contribution in [3.63, 3.8) is 0 Å². The minimum Gasteiger partial charge on any atom is -0.506 e. The predicted molar refractivity (Wildman–Crippen MR) is 80.5 cm³/mol. The number of phenols is 1. The molecule has 2 N–H and O–H groups in total. The Morgan fingerprint density at radius 3 is 3.10 bits per heavy atom. The van der Waals surface area contributed by atoms with Crippen LogP contribution in [-0.2, 0) is 19.5 Å². The van der Waals surface area contributed by atoms with Crippen molar-refractivity contribution < 1.29 is 5.11 Å². The van der Waals surface area contributed by atoms with Crippen LogP contribution in [0.15, 0.2) is 23.0 Å². The van der Waals surface area contributed by atoms with Gasteiger partial charge in [-0.2, -0.15) is 0 Å². The van der Waals surface area contributed by atoms with Gasteiger partial charge in [0.05, 0.1) is 10.7 Å². The van der Waals surface area contributed by atoms with Crippen LogP contribution in [-0.4, -0.2) is 26.5 Å². The molecule has 0 amide bonds. The van der Waals surface area contributed by atoms with Crippen molar-refractivity contribution in [2.24, 2.45) is 0 Å². The summed E-state index contributed by atoms with van der Waals surface area (Å²) in [6.45, 7) is 3.80. The SMILES string of the molecule is Cc1nc2c(c(=O)[nH]1)CCN(Cc1cccc(O)c1Cl)C2. The zero-order chi connectivity index (χ0) is 15.0. The van der Waals surface area contributed by atoms with Crippen LogP contribution in [0.25, 0.3) is 0 Å². The van der Waals surface area contributed by atoms with Crippen LogP contribution in [0, 0.1) is 6.92 Å². The second-order valence-corrected chi connectivity index (χ2v) is 5.67. The fraction of sp³-hybridized carbons (Fsp3) is 0.333. The summed E-state index contributed by atoms with van der Waals surface area (Å²) in [5.74, 6) is 0.730. The number of aryl methyl sites for hydroxylation is 1. The van der Waals surface area contributed by atoms with Crippen LogP contribution in [0.2, 0.25) is 5.02 Å². The highest BCUT2D eigenvalue weighted by atomic mass is 35.5. The summed E-state index contributed by atoms with van der Waals surface area (Å²) in [6, 6.07) is 5.25. The van der Waals surface area contributed by atoms with Crippen molar-refractivity contribution in [1.29, 1.82) is 0 Å². The maximum absolute atomic E-state index is 11.9. The lowest BCUT2D eigenvalue weighted by Gasteiger charge is -2.27. The molecule has 21 heavy (non-hydrogen) atoms. The molecule has 0 radical (unpaired) electrons. The lowest BCUT2D eigenvalue weighted by atomic mass is 10.1. The van der Waals surface area contributed by atoms with Gasteiger partial charge in [0.15, 0.2) is 0 Å². The fourth-order valence-corrected chi connectivity index (χ4v) is 2.87. The Morgan fingerprint density at radius 1 is 1.48 bits per heavy atom. The van der Waals surface area contributed by atoms with E-state index in [4.69, 9.17) is 11.6 Å². The first kappa shape index (κ1) is 14.1. The minimum absolute atomic E-state index is 0.0347. The van der Waals surface area contributed by atoms with Crippen molar-refractivity contribution in [3.05, 3.63) is 56.2 Å². The van der Waals surface area contributed by atoms with Crippen LogP contribution in [0.5, 0.6) is 5.75 Å². The van der Waals surface area contributed by atoms with Crippen LogP contribution in [0.1, 0.15) is 22.6 Å². The van der Waals surface area contributed by atoms with Gasteiger partial charge in [0.25, 0.3) is 5.56 Å². The number of halogens is 1. The standard InChI is InChI=1S/C15H16ClN3O2/c1-9-17-12-8-19(6-5-11(12)15(21)18-9)7-10-3-2-4-13(20)14(10)16/h2-4,20H,5-8H2,1H3,(H,17,18,21). The number of hydrogen-bond acceptors (Lipinski definition) is 4. The smallest absolute Gasteiger partial charge is 0.254 e. The molecule has 0 bridgehead atoms. The highest BCUT2D eigenvalue weighted by molar-refractivity contribution is 6.32. The highest BCUT2D eigenvalue weighted by Gasteiger charge is 2.21. The molecule has 0 saturated carbocycles. The molecular weight excluding hydrogens is 290 g/mol. The molecule has 1 aromatic heterocycles. The number of fused-ring (bicyclic) bond motifs is 1. The highest BCUT2D eigenvalue weighted by Crippen LogP contribution is 2.28. The summed E-state index contributed by atoms with van der Waals surface area (Å²) < 4.78 is 0. The van der Waals surface area contributed by atoms with Gasteiger partial charge in [-0.15, -0.1) is 0 Å². The van der Waals surface area contributed by atoms with E-state index >= 15 is 0 Å². The minimum atomic E-state index is -0.0347. The van der Waals surface area contributed by atoms with E-state index in [0.29, 0.717) is 30.4 Å². The largest absolute Gasteiger partial charge is 0.506 e. The zero-order valence-electron chi connectivity index (χ0n) is 11.7. The summed E-state index contributed by atoms with van der Waals surface area (Å²) in [7, 11) is 0. The molecule has 110 valence electrons. The summed E-state index contributed by atoms with van der Waals surface area (Å²) >= 11 is 6.12. The molecule has 2 heterocycles. The third-order valence-electron chi connectivity index (χ3n) is 3.72. The van der Waals surface area contributed by atoms with E-state index in [0.717, 1.165) is 23.4 Å². The molecule has 0 unspecified atom stereocenters. The number of nitrogens with zero attached hydrogens (tertiary/aromatic N) is 2. The van der Waals surface area contributed by atoms with Crippen LogP contribution in [0.3, 0.4) is 0 Å². The van der Waals surface area contributed by atoms with E-state index in [1.165, 1.54) is 0 Å². The Morgan fingerprint density at radius 2 is 2.29 bits per heavy atom. The van der Waals surface area contributed by atoms with Crippen molar-refractivity contribution in [1.82, 2.24) is 14.9 Å². The number of aromatic hydroxyl groups is 1. The number of rotatable bonds is 2. The van der Waals surface area contributed by atoms with Crippen LogP contribution < -0.4 is 5.56 Å². The van der Waals surface area contributed by atoms with Gasteiger partial charge in [0, 0.05) is 25.2 Å². The number of benzene rings is 1. The maximum atomic E-state index is 11.9. The monoisotopic (exact) mass is 305 g/mol. The Kier molecular flexibility index (Phi) is 3.69. The summed E-state index contributed by atoms with van der Waals surface area (Å²) in [5, 5.41) is 10.0. The lowest BCUT2D eigenvalue weighted by molar-refractivity contribution is 0.240. The molecule has 1 aromatic carbocycles. The first-order valence-corrected chi connectivity index (χ1v) is 7.20. The van der Waals surface area contributed by atoms with Crippen molar-refractivity contribution in [2.45, 2.75) is 26.4 Å². The fourth-order valence-electron chi connectivity index (χ4n) is 2.68. The molecule has 1 aliphatic rings. The molecule has 6 heteroatoms. The molecule has 0 atom stereocenters. The van der Waals surface area contributed by atoms with Gasteiger partial charge in [0.2, 0.25) is 0 Å². The topological polar surface area (TPSA) is 69.2 Å². The first-order chi connectivity index (χ1) is 10.0. The molecule has 0 fully saturated rings. The normalized spacial score (nSPS) is 15.0. The molecular formula is C15H16ClN3O2. The third-order valence-corrected chi connectivity index (χ3v) is 4.16.